The fraction of sp³-hybridized carbons (Fsp3) is 0.579. The monoisotopic (exact) mass is 343 g/mol. The van der Waals surface area contributed by atoms with E-state index < -0.39 is 5.60 Å². The minimum absolute atomic E-state index is 0.454. The summed E-state index contributed by atoms with van der Waals surface area (Å²) in [5.74, 6) is 1.99. The number of hydrogen-bond acceptors (Lipinski definition) is 6. The van der Waals surface area contributed by atoms with E-state index in [0.29, 0.717) is 12.5 Å². The molecule has 4 rings (SSSR count). The largest absolute Gasteiger partial charge is 0.494 e. The summed E-state index contributed by atoms with van der Waals surface area (Å²) >= 11 is 0. The topological polar surface area (TPSA) is 67.7 Å². The number of hydrogen-bond donors (Lipinski definition) is 1. The first-order valence-corrected chi connectivity index (χ1v) is 8.96. The van der Waals surface area contributed by atoms with Gasteiger partial charge in [-0.2, -0.15) is 0 Å². The van der Waals surface area contributed by atoms with E-state index in [1.165, 1.54) is 5.56 Å². The number of β-amino-alcohol motifs (C(OH)–C–C–N with tert-alkyl or cyclic N) is 1. The third-order valence-corrected chi connectivity index (χ3v) is 5.34. The van der Waals surface area contributed by atoms with E-state index in [2.05, 4.69) is 11.0 Å². The van der Waals surface area contributed by atoms with Crippen molar-refractivity contribution < 1.29 is 14.6 Å². The Labute approximate surface area is 147 Å². The molecule has 134 valence electrons. The number of ether oxygens (including phenoxy) is 2. The smallest absolute Gasteiger partial charge is 0.148 e. The van der Waals surface area contributed by atoms with Gasteiger partial charge in [-0.05, 0) is 43.7 Å². The van der Waals surface area contributed by atoms with Crippen molar-refractivity contribution in [2.45, 2.75) is 37.7 Å². The summed E-state index contributed by atoms with van der Waals surface area (Å²) in [4.78, 5) is 11.7. The van der Waals surface area contributed by atoms with E-state index in [1.54, 1.807) is 7.11 Å². The number of anilines is 1. The zero-order chi connectivity index (χ0) is 17.4. The van der Waals surface area contributed by atoms with Gasteiger partial charge in [0.1, 0.15) is 17.1 Å². The van der Waals surface area contributed by atoms with Gasteiger partial charge in [-0.25, -0.2) is 4.98 Å². The summed E-state index contributed by atoms with van der Waals surface area (Å²) in [6, 6.07) is 4.11. The van der Waals surface area contributed by atoms with Gasteiger partial charge in [-0.1, -0.05) is 6.07 Å². The van der Waals surface area contributed by atoms with E-state index in [-0.39, 0.29) is 0 Å². The van der Waals surface area contributed by atoms with Gasteiger partial charge in [0, 0.05) is 26.3 Å². The zero-order valence-corrected chi connectivity index (χ0v) is 14.9. The van der Waals surface area contributed by atoms with E-state index in [9.17, 15) is 5.11 Å². The standard InChI is InChI=1S/C19H25N3O3/c1-19(23)7-8-22(12-19)16-11-20-17-14(13-5-9-25-10-6-13)3-4-15(24-2)18(17)21-16/h3-4,11,13,23H,5-10,12H2,1-2H3/t19-/m0/s1. The maximum Gasteiger partial charge on any atom is 0.148 e. The molecule has 2 aromatic rings. The maximum atomic E-state index is 10.2. The second kappa shape index (κ2) is 6.42. The molecule has 2 saturated heterocycles. The molecule has 0 aliphatic carbocycles. The average Bonchev–Trinajstić information content (AvgIpc) is 3.01. The SMILES string of the molecule is COc1ccc(C2CCOCC2)c2ncc(N3CC[C@](C)(O)C3)nc12. The van der Waals surface area contributed by atoms with Crippen LogP contribution in [0.1, 0.15) is 37.7 Å². The summed E-state index contributed by atoms with van der Waals surface area (Å²) in [5.41, 5.74) is 2.29. The lowest BCUT2D eigenvalue weighted by Crippen LogP contribution is -2.30. The highest BCUT2D eigenvalue weighted by molar-refractivity contribution is 5.85. The molecule has 1 atom stereocenters. The maximum absolute atomic E-state index is 10.2. The lowest BCUT2D eigenvalue weighted by molar-refractivity contribution is 0.0839. The normalized spacial score (nSPS) is 24.8. The van der Waals surface area contributed by atoms with Gasteiger partial charge in [-0.3, -0.25) is 4.98 Å². The Hall–Kier alpha value is -1.92. The van der Waals surface area contributed by atoms with Crippen LogP contribution in [0.2, 0.25) is 0 Å². The van der Waals surface area contributed by atoms with Crippen LogP contribution in [-0.2, 0) is 4.74 Å². The highest BCUT2D eigenvalue weighted by Gasteiger charge is 2.32. The second-order valence-corrected chi connectivity index (χ2v) is 7.34. The summed E-state index contributed by atoms with van der Waals surface area (Å²) in [7, 11) is 1.66. The molecule has 6 nitrogen and oxygen atoms in total. The van der Waals surface area contributed by atoms with Crippen LogP contribution >= 0.6 is 0 Å². The number of benzene rings is 1. The molecule has 2 fully saturated rings. The minimum atomic E-state index is -0.662. The molecule has 0 spiro atoms. The van der Waals surface area contributed by atoms with Gasteiger partial charge >= 0.3 is 0 Å². The molecule has 0 saturated carbocycles. The predicted octanol–water partition coefficient (Wildman–Crippen LogP) is 2.49. The number of rotatable bonds is 3. The van der Waals surface area contributed by atoms with Crippen molar-refractivity contribution in [1.82, 2.24) is 9.97 Å². The Morgan fingerprint density at radius 3 is 2.76 bits per heavy atom. The van der Waals surface area contributed by atoms with E-state index >= 15 is 0 Å². The molecule has 1 aromatic heterocycles. The van der Waals surface area contributed by atoms with Gasteiger partial charge in [0.2, 0.25) is 0 Å². The highest BCUT2D eigenvalue weighted by atomic mass is 16.5. The van der Waals surface area contributed by atoms with Crippen molar-refractivity contribution in [3.05, 3.63) is 23.9 Å². The van der Waals surface area contributed by atoms with E-state index in [0.717, 1.165) is 61.6 Å². The molecule has 0 unspecified atom stereocenters. The molecular formula is C19H25N3O3. The molecule has 3 heterocycles. The van der Waals surface area contributed by atoms with Crippen molar-refractivity contribution in [3.8, 4) is 5.75 Å². The lowest BCUT2D eigenvalue weighted by Gasteiger charge is -2.24. The van der Waals surface area contributed by atoms with E-state index in [4.69, 9.17) is 19.4 Å². The molecular weight excluding hydrogens is 318 g/mol. The van der Waals surface area contributed by atoms with Gasteiger partial charge in [0.25, 0.3) is 0 Å². The first kappa shape index (κ1) is 16.5. The Bertz CT molecular complexity index is 772. The van der Waals surface area contributed by atoms with Gasteiger partial charge in [-0.15, -0.1) is 0 Å². The van der Waals surface area contributed by atoms with Crippen LogP contribution in [0.3, 0.4) is 0 Å². The number of methoxy groups -OCH3 is 1. The molecule has 0 radical (unpaired) electrons. The quantitative estimate of drug-likeness (QED) is 0.923. The number of aliphatic hydroxyl groups is 1. The van der Waals surface area contributed by atoms with Crippen LogP contribution in [-0.4, -0.2) is 54.1 Å². The Morgan fingerprint density at radius 1 is 1.28 bits per heavy atom. The van der Waals surface area contributed by atoms with Crippen molar-refractivity contribution in [2.75, 3.05) is 38.3 Å². The highest BCUT2D eigenvalue weighted by Crippen LogP contribution is 2.36. The van der Waals surface area contributed by atoms with Crippen LogP contribution in [0.5, 0.6) is 5.75 Å². The molecule has 0 bridgehead atoms. The Balaban J connectivity index is 1.75. The number of fused-ring (bicyclic) bond motifs is 1. The number of aromatic nitrogens is 2. The fourth-order valence-electron chi connectivity index (χ4n) is 3.88. The molecule has 0 amide bonds. The van der Waals surface area contributed by atoms with Crippen LogP contribution in [0.15, 0.2) is 18.3 Å². The Kier molecular flexibility index (Phi) is 4.25. The van der Waals surface area contributed by atoms with Crippen LogP contribution in [0, 0.1) is 0 Å². The van der Waals surface area contributed by atoms with Crippen molar-refractivity contribution in [2.24, 2.45) is 0 Å². The third kappa shape index (κ3) is 3.16. The fourth-order valence-corrected chi connectivity index (χ4v) is 3.88. The summed E-state index contributed by atoms with van der Waals surface area (Å²) in [6.07, 6.45) is 4.59. The average molecular weight is 343 g/mol. The van der Waals surface area contributed by atoms with Crippen LogP contribution < -0.4 is 9.64 Å². The van der Waals surface area contributed by atoms with Gasteiger partial charge in [0.15, 0.2) is 0 Å². The number of nitrogens with zero attached hydrogens (tertiary/aromatic N) is 3. The molecule has 25 heavy (non-hydrogen) atoms. The van der Waals surface area contributed by atoms with Crippen LogP contribution in [0.4, 0.5) is 5.82 Å². The van der Waals surface area contributed by atoms with Crippen molar-refractivity contribution in [1.29, 1.82) is 0 Å². The second-order valence-electron chi connectivity index (χ2n) is 7.34. The third-order valence-electron chi connectivity index (χ3n) is 5.34. The van der Waals surface area contributed by atoms with Gasteiger partial charge < -0.3 is 19.5 Å². The molecule has 2 aliphatic rings. The van der Waals surface area contributed by atoms with Crippen molar-refractivity contribution >= 4 is 16.9 Å². The Morgan fingerprint density at radius 2 is 2.08 bits per heavy atom. The van der Waals surface area contributed by atoms with E-state index in [1.807, 2.05) is 19.2 Å². The lowest BCUT2D eigenvalue weighted by atomic mass is 9.90. The van der Waals surface area contributed by atoms with Crippen molar-refractivity contribution in [3.63, 3.8) is 0 Å². The first-order valence-electron chi connectivity index (χ1n) is 8.96. The summed E-state index contributed by atoms with van der Waals surface area (Å²) in [5, 5.41) is 10.2. The molecule has 2 aliphatic heterocycles. The molecule has 6 heteroatoms. The minimum Gasteiger partial charge on any atom is -0.494 e. The summed E-state index contributed by atoms with van der Waals surface area (Å²) < 4.78 is 11.0. The van der Waals surface area contributed by atoms with Gasteiger partial charge in [0.05, 0.1) is 24.4 Å². The first-order chi connectivity index (χ1) is 12.1. The van der Waals surface area contributed by atoms with Crippen LogP contribution in [0.25, 0.3) is 11.0 Å². The molecule has 1 aromatic carbocycles. The zero-order valence-electron chi connectivity index (χ0n) is 14.9. The molecule has 1 N–H and O–H groups in total. The summed E-state index contributed by atoms with van der Waals surface area (Å²) in [6.45, 7) is 4.83. The predicted molar refractivity (Wildman–Crippen MR) is 96.3 cm³/mol.